The molecule has 2 unspecified atom stereocenters. The Bertz CT molecular complexity index is 269. The third-order valence-corrected chi connectivity index (χ3v) is 3.48. The molecule has 4 heteroatoms. The summed E-state index contributed by atoms with van der Waals surface area (Å²) in [6, 6.07) is 0.128. The number of piperidine rings is 1. The molecule has 4 nitrogen and oxygen atoms in total. The molecule has 1 fully saturated rings. The van der Waals surface area contributed by atoms with Gasteiger partial charge in [0.05, 0.1) is 0 Å². The summed E-state index contributed by atoms with van der Waals surface area (Å²) in [6.07, 6.45) is 3.77. The van der Waals surface area contributed by atoms with Crippen LogP contribution in [-0.4, -0.2) is 40.9 Å². The standard InChI is InChI=1S/C14H27NO3/c1-5-11(10-16)12-8-6-7-9-15(12)13(17)18-14(2,3)4/h11-12,16H,5-10H2,1-4H3. The summed E-state index contributed by atoms with van der Waals surface area (Å²) in [5.41, 5.74) is -0.458. The van der Waals surface area contributed by atoms with E-state index in [1.807, 2.05) is 25.7 Å². The maximum Gasteiger partial charge on any atom is 0.410 e. The van der Waals surface area contributed by atoms with Gasteiger partial charge < -0.3 is 14.7 Å². The summed E-state index contributed by atoms with van der Waals surface area (Å²) in [4.78, 5) is 14.0. The van der Waals surface area contributed by atoms with Crippen LogP contribution in [0.5, 0.6) is 0 Å². The van der Waals surface area contributed by atoms with Crippen LogP contribution >= 0.6 is 0 Å². The zero-order chi connectivity index (χ0) is 13.8. The fourth-order valence-electron chi connectivity index (χ4n) is 2.52. The number of rotatable bonds is 3. The van der Waals surface area contributed by atoms with Crippen LogP contribution in [0.1, 0.15) is 53.4 Å². The number of carbonyl (C=O) groups is 1. The number of nitrogens with zero attached hydrogens (tertiary/aromatic N) is 1. The number of aliphatic hydroxyl groups excluding tert-OH is 1. The van der Waals surface area contributed by atoms with E-state index < -0.39 is 5.60 Å². The Kier molecular flexibility index (Phi) is 5.45. The third kappa shape index (κ3) is 4.16. The first-order valence-corrected chi connectivity index (χ1v) is 6.99. The molecular formula is C14H27NO3. The zero-order valence-electron chi connectivity index (χ0n) is 12.1. The Balaban J connectivity index is 2.72. The van der Waals surface area contributed by atoms with E-state index in [2.05, 4.69) is 6.92 Å². The van der Waals surface area contributed by atoms with Crippen molar-refractivity contribution in [3.8, 4) is 0 Å². The highest BCUT2D eigenvalue weighted by molar-refractivity contribution is 5.68. The van der Waals surface area contributed by atoms with Crippen molar-refractivity contribution < 1.29 is 14.6 Å². The van der Waals surface area contributed by atoms with Crippen LogP contribution < -0.4 is 0 Å². The van der Waals surface area contributed by atoms with E-state index in [4.69, 9.17) is 4.74 Å². The first-order chi connectivity index (χ1) is 8.39. The topological polar surface area (TPSA) is 49.8 Å². The highest BCUT2D eigenvalue weighted by Crippen LogP contribution is 2.26. The largest absolute Gasteiger partial charge is 0.444 e. The minimum atomic E-state index is -0.458. The van der Waals surface area contributed by atoms with Crippen molar-refractivity contribution in [3.63, 3.8) is 0 Å². The quantitative estimate of drug-likeness (QED) is 0.845. The maximum atomic E-state index is 12.2. The summed E-state index contributed by atoms with van der Waals surface area (Å²) in [6.45, 7) is 8.59. The van der Waals surface area contributed by atoms with Gasteiger partial charge in [-0.2, -0.15) is 0 Å². The first kappa shape index (κ1) is 15.3. The molecular weight excluding hydrogens is 230 g/mol. The van der Waals surface area contributed by atoms with Crippen LogP contribution in [-0.2, 0) is 4.74 Å². The molecule has 18 heavy (non-hydrogen) atoms. The second-order valence-electron chi connectivity index (χ2n) is 6.09. The summed E-state index contributed by atoms with van der Waals surface area (Å²) < 4.78 is 5.45. The number of aliphatic hydroxyl groups is 1. The van der Waals surface area contributed by atoms with E-state index in [0.29, 0.717) is 0 Å². The van der Waals surface area contributed by atoms with Crippen molar-refractivity contribution in [2.24, 2.45) is 5.92 Å². The van der Waals surface area contributed by atoms with Crippen LogP contribution in [0, 0.1) is 5.92 Å². The van der Waals surface area contributed by atoms with Crippen molar-refractivity contribution in [1.29, 1.82) is 0 Å². The van der Waals surface area contributed by atoms with Gasteiger partial charge in [0.25, 0.3) is 0 Å². The molecule has 2 atom stereocenters. The van der Waals surface area contributed by atoms with Gasteiger partial charge in [-0.1, -0.05) is 6.92 Å². The maximum absolute atomic E-state index is 12.2. The smallest absolute Gasteiger partial charge is 0.410 e. The van der Waals surface area contributed by atoms with Crippen LogP contribution in [0.3, 0.4) is 0 Å². The average Bonchev–Trinajstić information content (AvgIpc) is 2.29. The molecule has 1 aliphatic rings. The summed E-state index contributed by atoms with van der Waals surface area (Å²) in [5, 5.41) is 9.43. The molecule has 0 radical (unpaired) electrons. The van der Waals surface area contributed by atoms with E-state index in [1.165, 1.54) is 0 Å². The SMILES string of the molecule is CCC(CO)C1CCCCN1C(=O)OC(C)(C)C. The number of ether oxygens (including phenoxy) is 1. The third-order valence-electron chi connectivity index (χ3n) is 3.48. The molecule has 0 saturated carbocycles. The van der Waals surface area contributed by atoms with Gasteiger partial charge in [0.1, 0.15) is 5.60 Å². The second kappa shape index (κ2) is 6.41. The molecule has 0 aromatic carbocycles. The second-order valence-corrected chi connectivity index (χ2v) is 6.09. The van der Waals surface area contributed by atoms with Gasteiger partial charge in [0, 0.05) is 25.1 Å². The lowest BCUT2D eigenvalue weighted by molar-refractivity contribution is -0.00393. The van der Waals surface area contributed by atoms with Crippen molar-refractivity contribution in [2.45, 2.75) is 65.0 Å². The normalized spacial score (nSPS) is 22.7. The number of amides is 1. The van der Waals surface area contributed by atoms with Crippen molar-refractivity contribution in [2.75, 3.05) is 13.2 Å². The lowest BCUT2D eigenvalue weighted by Crippen LogP contribution is -2.50. The first-order valence-electron chi connectivity index (χ1n) is 6.99. The lowest BCUT2D eigenvalue weighted by Gasteiger charge is -2.40. The minimum Gasteiger partial charge on any atom is -0.444 e. The molecule has 0 aromatic rings. The molecule has 1 heterocycles. The molecule has 106 valence electrons. The number of likely N-dealkylation sites (tertiary alicyclic amines) is 1. The molecule has 0 spiro atoms. The highest BCUT2D eigenvalue weighted by atomic mass is 16.6. The minimum absolute atomic E-state index is 0.128. The Hall–Kier alpha value is -0.770. The highest BCUT2D eigenvalue weighted by Gasteiger charge is 2.34. The molecule has 0 bridgehead atoms. The van der Waals surface area contributed by atoms with Crippen molar-refractivity contribution in [1.82, 2.24) is 4.90 Å². The predicted molar refractivity (Wildman–Crippen MR) is 71.4 cm³/mol. The van der Waals surface area contributed by atoms with Crippen LogP contribution in [0.15, 0.2) is 0 Å². The van der Waals surface area contributed by atoms with E-state index in [1.54, 1.807) is 0 Å². The van der Waals surface area contributed by atoms with Crippen molar-refractivity contribution in [3.05, 3.63) is 0 Å². The Morgan fingerprint density at radius 1 is 1.44 bits per heavy atom. The fourth-order valence-corrected chi connectivity index (χ4v) is 2.52. The van der Waals surface area contributed by atoms with Crippen LogP contribution in [0.25, 0.3) is 0 Å². The number of hydrogen-bond acceptors (Lipinski definition) is 3. The van der Waals surface area contributed by atoms with Gasteiger partial charge >= 0.3 is 6.09 Å². The summed E-state index contributed by atoms with van der Waals surface area (Å²) >= 11 is 0. The number of carbonyl (C=O) groups excluding carboxylic acids is 1. The van der Waals surface area contributed by atoms with Crippen LogP contribution in [0.2, 0.25) is 0 Å². The summed E-state index contributed by atoms with van der Waals surface area (Å²) in [5.74, 6) is 0.165. The van der Waals surface area contributed by atoms with Gasteiger partial charge in [-0.25, -0.2) is 4.79 Å². The van der Waals surface area contributed by atoms with E-state index in [9.17, 15) is 9.90 Å². The lowest BCUT2D eigenvalue weighted by atomic mass is 9.89. The average molecular weight is 257 g/mol. The van der Waals surface area contributed by atoms with Crippen LogP contribution in [0.4, 0.5) is 4.79 Å². The van der Waals surface area contributed by atoms with Gasteiger partial charge in [0.2, 0.25) is 0 Å². The molecule has 1 rings (SSSR count). The Morgan fingerprint density at radius 2 is 2.11 bits per heavy atom. The molecule has 1 saturated heterocycles. The summed E-state index contributed by atoms with van der Waals surface area (Å²) in [7, 11) is 0. The van der Waals surface area contributed by atoms with E-state index in [-0.39, 0.29) is 24.7 Å². The molecule has 1 aliphatic heterocycles. The zero-order valence-corrected chi connectivity index (χ0v) is 12.1. The fraction of sp³-hybridized carbons (Fsp3) is 0.929. The van der Waals surface area contributed by atoms with Gasteiger partial charge in [-0.3, -0.25) is 0 Å². The Labute approximate surface area is 110 Å². The van der Waals surface area contributed by atoms with E-state index in [0.717, 1.165) is 32.2 Å². The van der Waals surface area contributed by atoms with Crippen molar-refractivity contribution >= 4 is 6.09 Å². The van der Waals surface area contributed by atoms with Gasteiger partial charge in [-0.15, -0.1) is 0 Å². The molecule has 1 amide bonds. The predicted octanol–water partition coefficient (Wildman–Crippen LogP) is 2.79. The van der Waals surface area contributed by atoms with Gasteiger partial charge in [0.15, 0.2) is 0 Å². The monoisotopic (exact) mass is 257 g/mol. The number of hydrogen-bond donors (Lipinski definition) is 1. The molecule has 0 aliphatic carbocycles. The molecule has 0 aromatic heterocycles. The van der Waals surface area contributed by atoms with E-state index >= 15 is 0 Å². The molecule has 1 N–H and O–H groups in total. The Morgan fingerprint density at radius 3 is 2.61 bits per heavy atom. The van der Waals surface area contributed by atoms with Gasteiger partial charge in [-0.05, 0) is 46.5 Å².